The Labute approximate surface area is 138 Å². The Morgan fingerprint density at radius 2 is 2.00 bits per heavy atom. The van der Waals surface area contributed by atoms with Gasteiger partial charge in [0.05, 0.1) is 15.9 Å². The van der Waals surface area contributed by atoms with Gasteiger partial charge in [-0.2, -0.15) is 5.10 Å². The summed E-state index contributed by atoms with van der Waals surface area (Å²) in [5, 5.41) is 8.38. The Balaban J connectivity index is 2.19. The van der Waals surface area contributed by atoms with Gasteiger partial charge in [0.2, 0.25) is 0 Å². The van der Waals surface area contributed by atoms with Crippen molar-refractivity contribution in [1.29, 1.82) is 0 Å². The highest BCUT2D eigenvalue weighted by molar-refractivity contribution is 9.10. The van der Waals surface area contributed by atoms with Crippen LogP contribution in [0, 0.1) is 12.3 Å². The van der Waals surface area contributed by atoms with Crippen molar-refractivity contribution in [2.24, 2.45) is 12.5 Å². The second-order valence-electron chi connectivity index (χ2n) is 6.90. The molecule has 120 valence electrons. The molecule has 1 aliphatic rings. The number of nitrogens with zero attached hydrogens (tertiary/aromatic N) is 2. The van der Waals surface area contributed by atoms with E-state index in [0.717, 1.165) is 18.7 Å². The van der Waals surface area contributed by atoms with E-state index in [-0.39, 0.29) is 0 Å². The summed E-state index contributed by atoms with van der Waals surface area (Å²) in [5.74, 6) is 0. The summed E-state index contributed by atoms with van der Waals surface area (Å²) in [6, 6.07) is 0.545. The molecule has 0 aromatic carbocycles. The van der Waals surface area contributed by atoms with Crippen LogP contribution in [-0.2, 0) is 13.5 Å². The summed E-state index contributed by atoms with van der Waals surface area (Å²) in [6.07, 6.45) is 9.13. The second-order valence-corrected chi connectivity index (χ2v) is 7.69. The standard InChI is InChI=1S/C17H30BrN3/c1-5-11-19-15(17(3)9-7-6-8-10-17)12-14-16(18)13(2)20-21(14)4/h15,19H,5-12H2,1-4H3. The first kappa shape index (κ1) is 17.0. The molecule has 1 aromatic rings. The van der Waals surface area contributed by atoms with Gasteiger partial charge in [0.25, 0.3) is 0 Å². The third kappa shape index (κ3) is 3.89. The Kier molecular flexibility index (Phi) is 5.89. The number of hydrogen-bond donors (Lipinski definition) is 1. The molecule has 4 heteroatoms. The Morgan fingerprint density at radius 3 is 2.52 bits per heavy atom. The maximum absolute atomic E-state index is 4.55. The number of hydrogen-bond acceptors (Lipinski definition) is 2. The molecule has 1 atom stereocenters. The molecule has 1 heterocycles. The van der Waals surface area contributed by atoms with Crippen molar-refractivity contribution in [3.8, 4) is 0 Å². The maximum Gasteiger partial charge on any atom is 0.0738 e. The lowest BCUT2D eigenvalue weighted by Crippen LogP contribution is -2.46. The lowest BCUT2D eigenvalue weighted by molar-refractivity contribution is 0.142. The van der Waals surface area contributed by atoms with Gasteiger partial charge in [-0.05, 0) is 54.1 Å². The van der Waals surface area contributed by atoms with E-state index in [0.29, 0.717) is 11.5 Å². The normalized spacial score (nSPS) is 19.7. The summed E-state index contributed by atoms with van der Waals surface area (Å²) in [4.78, 5) is 0. The van der Waals surface area contributed by atoms with Crippen LogP contribution in [0.4, 0.5) is 0 Å². The van der Waals surface area contributed by atoms with Gasteiger partial charge in [-0.1, -0.05) is 33.1 Å². The van der Waals surface area contributed by atoms with Crippen molar-refractivity contribution >= 4 is 15.9 Å². The molecule has 0 aliphatic heterocycles. The molecule has 0 bridgehead atoms. The molecule has 1 aliphatic carbocycles. The minimum absolute atomic E-state index is 0.422. The SMILES string of the molecule is CCCNC(Cc1c(Br)c(C)nn1C)C1(C)CCCCC1. The fourth-order valence-electron chi connectivity index (χ4n) is 3.69. The van der Waals surface area contributed by atoms with E-state index in [1.807, 2.05) is 4.68 Å². The number of aromatic nitrogens is 2. The van der Waals surface area contributed by atoms with Crippen LogP contribution in [0.1, 0.15) is 63.8 Å². The van der Waals surface area contributed by atoms with Crippen molar-refractivity contribution in [3.63, 3.8) is 0 Å². The van der Waals surface area contributed by atoms with Crippen molar-refractivity contribution < 1.29 is 0 Å². The van der Waals surface area contributed by atoms with Gasteiger partial charge in [0.15, 0.2) is 0 Å². The van der Waals surface area contributed by atoms with Crippen molar-refractivity contribution in [3.05, 3.63) is 15.9 Å². The van der Waals surface area contributed by atoms with Crippen molar-refractivity contribution in [1.82, 2.24) is 15.1 Å². The highest BCUT2D eigenvalue weighted by Gasteiger charge is 2.36. The highest BCUT2D eigenvalue weighted by atomic mass is 79.9. The lowest BCUT2D eigenvalue weighted by Gasteiger charge is -2.41. The molecular weight excluding hydrogens is 326 g/mol. The zero-order chi connectivity index (χ0) is 15.5. The average Bonchev–Trinajstić information content (AvgIpc) is 2.69. The maximum atomic E-state index is 4.55. The third-order valence-electron chi connectivity index (χ3n) is 5.14. The van der Waals surface area contributed by atoms with Gasteiger partial charge in [0, 0.05) is 19.5 Å². The van der Waals surface area contributed by atoms with Crippen molar-refractivity contribution in [2.75, 3.05) is 6.54 Å². The average molecular weight is 356 g/mol. The van der Waals surface area contributed by atoms with Crippen LogP contribution in [-0.4, -0.2) is 22.4 Å². The molecule has 3 nitrogen and oxygen atoms in total. The summed E-state index contributed by atoms with van der Waals surface area (Å²) in [5.41, 5.74) is 2.84. The molecule has 21 heavy (non-hydrogen) atoms. The van der Waals surface area contributed by atoms with Crippen molar-refractivity contribution in [2.45, 2.75) is 71.8 Å². The molecule has 1 aromatic heterocycles. The first-order valence-electron chi connectivity index (χ1n) is 8.39. The van der Waals surface area contributed by atoms with Gasteiger partial charge < -0.3 is 5.32 Å². The Morgan fingerprint density at radius 1 is 1.33 bits per heavy atom. The first-order chi connectivity index (χ1) is 9.98. The van der Waals surface area contributed by atoms with E-state index in [9.17, 15) is 0 Å². The van der Waals surface area contributed by atoms with E-state index in [2.05, 4.69) is 54.2 Å². The molecule has 0 amide bonds. The first-order valence-corrected chi connectivity index (χ1v) is 9.18. The predicted molar refractivity (Wildman–Crippen MR) is 92.6 cm³/mol. The molecule has 1 N–H and O–H groups in total. The topological polar surface area (TPSA) is 29.9 Å². The van der Waals surface area contributed by atoms with Gasteiger partial charge in [-0.25, -0.2) is 0 Å². The van der Waals surface area contributed by atoms with Crippen LogP contribution in [0.15, 0.2) is 4.47 Å². The highest BCUT2D eigenvalue weighted by Crippen LogP contribution is 2.40. The Hall–Kier alpha value is -0.350. The van der Waals surface area contributed by atoms with Gasteiger partial charge in [-0.15, -0.1) is 0 Å². The smallest absolute Gasteiger partial charge is 0.0738 e. The van der Waals surface area contributed by atoms with E-state index in [1.54, 1.807) is 0 Å². The molecule has 1 fully saturated rings. The van der Waals surface area contributed by atoms with E-state index >= 15 is 0 Å². The minimum atomic E-state index is 0.422. The quantitative estimate of drug-likeness (QED) is 0.820. The van der Waals surface area contributed by atoms with Crippen LogP contribution in [0.3, 0.4) is 0 Å². The largest absolute Gasteiger partial charge is 0.313 e. The predicted octanol–water partition coefficient (Wildman–Crippen LogP) is 4.37. The van der Waals surface area contributed by atoms with Gasteiger partial charge in [0.1, 0.15) is 0 Å². The summed E-state index contributed by atoms with van der Waals surface area (Å²) >= 11 is 3.73. The molecule has 0 saturated heterocycles. The van der Waals surface area contributed by atoms with Gasteiger partial charge in [-0.3, -0.25) is 4.68 Å². The summed E-state index contributed by atoms with van der Waals surface area (Å²) in [7, 11) is 2.06. The van der Waals surface area contributed by atoms with Gasteiger partial charge >= 0.3 is 0 Å². The van der Waals surface area contributed by atoms with Crippen LogP contribution < -0.4 is 5.32 Å². The number of nitrogens with one attached hydrogen (secondary N) is 1. The lowest BCUT2D eigenvalue weighted by atomic mass is 9.69. The number of aryl methyl sites for hydroxylation is 2. The molecule has 0 spiro atoms. The molecule has 1 saturated carbocycles. The fraction of sp³-hybridized carbons (Fsp3) is 0.824. The number of rotatable bonds is 6. The monoisotopic (exact) mass is 355 g/mol. The zero-order valence-corrected chi connectivity index (χ0v) is 15.6. The molecule has 0 radical (unpaired) electrons. The fourth-order valence-corrected chi connectivity index (χ4v) is 4.18. The number of halogens is 1. The second kappa shape index (κ2) is 7.28. The minimum Gasteiger partial charge on any atom is -0.313 e. The van der Waals surface area contributed by atoms with Crippen LogP contribution in [0.5, 0.6) is 0 Å². The molecule has 1 unspecified atom stereocenters. The van der Waals surface area contributed by atoms with Crippen LogP contribution >= 0.6 is 15.9 Å². The zero-order valence-electron chi connectivity index (χ0n) is 14.0. The Bertz CT molecular complexity index is 461. The van der Waals surface area contributed by atoms with E-state index in [1.165, 1.54) is 48.7 Å². The van der Waals surface area contributed by atoms with E-state index < -0.39 is 0 Å². The third-order valence-corrected chi connectivity index (χ3v) is 6.17. The molecular formula is C17H30BrN3. The van der Waals surface area contributed by atoms with Crippen LogP contribution in [0.2, 0.25) is 0 Å². The van der Waals surface area contributed by atoms with Crippen LogP contribution in [0.25, 0.3) is 0 Å². The molecule has 2 rings (SSSR count). The van der Waals surface area contributed by atoms with E-state index in [4.69, 9.17) is 0 Å². The summed E-state index contributed by atoms with van der Waals surface area (Å²) in [6.45, 7) is 7.91. The summed E-state index contributed by atoms with van der Waals surface area (Å²) < 4.78 is 3.24.